The van der Waals surface area contributed by atoms with E-state index in [-0.39, 0.29) is 23.7 Å². The molecule has 0 radical (unpaired) electrons. The highest BCUT2D eigenvalue weighted by Crippen LogP contribution is 2.12. The summed E-state index contributed by atoms with van der Waals surface area (Å²) >= 11 is 0. The SMILES string of the molecule is N#Cc1ccc(C(=O)O)nc1NCCCO. The number of nitrogens with zero attached hydrogens (tertiary/aromatic N) is 2. The van der Waals surface area contributed by atoms with Crippen LogP contribution < -0.4 is 5.32 Å². The first kappa shape index (κ1) is 11.9. The van der Waals surface area contributed by atoms with Crippen molar-refractivity contribution in [3.05, 3.63) is 23.4 Å². The van der Waals surface area contributed by atoms with Gasteiger partial charge in [-0.25, -0.2) is 9.78 Å². The molecule has 84 valence electrons. The number of anilines is 1. The maximum Gasteiger partial charge on any atom is 0.354 e. The molecule has 0 aromatic carbocycles. The molecule has 1 aromatic heterocycles. The molecule has 0 amide bonds. The van der Waals surface area contributed by atoms with Gasteiger partial charge in [-0.15, -0.1) is 0 Å². The van der Waals surface area contributed by atoms with Crippen molar-refractivity contribution < 1.29 is 15.0 Å². The van der Waals surface area contributed by atoms with Crippen molar-refractivity contribution in [3.63, 3.8) is 0 Å². The van der Waals surface area contributed by atoms with Gasteiger partial charge in [0.1, 0.15) is 11.9 Å². The van der Waals surface area contributed by atoms with E-state index < -0.39 is 5.97 Å². The van der Waals surface area contributed by atoms with Crippen molar-refractivity contribution in [1.82, 2.24) is 4.98 Å². The second kappa shape index (κ2) is 5.68. The first-order chi connectivity index (χ1) is 7.69. The number of hydrogen-bond acceptors (Lipinski definition) is 5. The predicted molar refractivity (Wildman–Crippen MR) is 56.1 cm³/mol. The third kappa shape index (κ3) is 2.93. The topological polar surface area (TPSA) is 106 Å². The number of hydrogen-bond donors (Lipinski definition) is 3. The Bertz CT molecular complexity index is 426. The smallest absolute Gasteiger partial charge is 0.354 e. The molecule has 6 heteroatoms. The maximum atomic E-state index is 10.7. The van der Waals surface area contributed by atoms with Crippen LogP contribution in [0.3, 0.4) is 0 Å². The molecule has 1 rings (SSSR count). The monoisotopic (exact) mass is 221 g/mol. The summed E-state index contributed by atoms with van der Waals surface area (Å²) in [5.74, 6) is -0.912. The molecule has 0 fully saturated rings. The van der Waals surface area contributed by atoms with E-state index in [2.05, 4.69) is 10.3 Å². The number of carboxylic acid groups (broad SMARTS) is 1. The minimum atomic E-state index is -1.14. The molecule has 0 spiro atoms. The van der Waals surface area contributed by atoms with Crippen LogP contribution in [0.15, 0.2) is 12.1 Å². The van der Waals surface area contributed by atoms with Crippen molar-refractivity contribution >= 4 is 11.8 Å². The van der Waals surface area contributed by atoms with Crippen molar-refractivity contribution in [2.45, 2.75) is 6.42 Å². The van der Waals surface area contributed by atoms with Crippen molar-refractivity contribution in [1.29, 1.82) is 5.26 Å². The predicted octanol–water partition coefficient (Wildman–Crippen LogP) is 0.446. The number of carboxylic acids is 1. The number of pyridine rings is 1. The Kier molecular flexibility index (Phi) is 4.24. The standard InChI is InChI=1S/C10H11N3O3/c11-6-7-2-3-8(10(15)16)13-9(7)12-4-1-5-14/h2-3,14H,1,4-5H2,(H,12,13)(H,15,16). The van der Waals surface area contributed by atoms with Gasteiger partial charge in [0.05, 0.1) is 5.56 Å². The molecule has 16 heavy (non-hydrogen) atoms. The molecule has 6 nitrogen and oxygen atoms in total. The first-order valence-corrected chi connectivity index (χ1v) is 4.68. The number of carbonyl (C=O) groups is 1. The van der Waals surface area contributed by atoms with Gasteiger partial charge in [-0.3, -0.25) is 0 Å². The third-order valence-electron chi connectivity index (χ3n) is 1.86. The molecule has 0 saturated heterocycles. The molecule has 0 unspecified atom stereocenters. The average molecular weight is 221 g/mol. The summed E-state index contributed by atoms with van der Waals surface area (Å²) in [4.78, 5) is 14.5. The summed E-state index contributed by atoms with van der Waals surface area (Å²) in [7, 11) is 0. The molecule has 3 N–H and O–H groups in total. The summed E-state index contributed by atoms with van der Waals surface area (Å²) < 4.78 is 0. The summed E-state index contributed by atoms with van der Waals surface area (Å²) in [6.45, 7) is 0.453. The molecule has 0 aliphatic carbocycles. The number of nitrogens with one attached hydrogen (secondary N) is 1. The Morgan fingerprint density at radius 2 is 2.31 bits per heavy atom. The lowest BCUT2D eigenvalue weighted by molar-refractivity contribution is 0.0690. The molecular formula is C10H11N3O3. The average Bonchev–Trinajstić information content (AvgIpc) is 2.29. The minimum absolute atomic E-state index is 0.0213. The van der Waals surface area contributed by atoms with Crippen LogP contribution in [0.4, 0.5) is 5.82 Å². The van der Waals surface area contributed by atoms with Crippen LogP contribution in [0.1, 0.15) is 22.5 Å². The summed E-state index contributed by atoms with van der Waals surface area (Å²) in [6, 6.07) is 4.58. The number of aromatic nitrogens is 1. The molecule has 1 aromatic rings. The van der Waals surface area contributed by atoms with Gasteiger partial charge in [0.2, 0.25) is 0 Å². The van der Waals surface area contributed by atoms with Crippen LogP contribution in [-0.4, -0.2) is 34.3 Å². The lowest BCUT2D eigenvalue weighted by Crippen LogP contribution is -2.09. The van der Waals surface area contributed by atoms with Gasteiger partial charge in [0, 0.05) is 13.2 Å². The lowest BCUT2D eigenvalue weighted by atomic mass is 10.2. The fourth-order valence-corrected chi connectivity index (χ4v) is 1.09. The van der Waals surface area contributed by atoms with E-state index in [0.29, 0.717) is 13.0 Å². The minimum Gasteiger partial charge on any atom is -0.477 e. The van der Waals surface area contributed by atoms with E-state index in [9.17, 15) is 4.79 Å². The second-order valence-corrected chi connectivity index (χ2v) is 3.01. The van der Waals surface area contributed by atoms with Gasteiger partial charge in [0.25, 0.3) is 0 Å². The Balaban J connectivity index is 2.90. The highest BCUT2D eigenvalue weighted by Gasteiger charge is 2.09. The first-order valence-electron chi connectivity index (χ1n) is 4.68. The van der Waals surface area contributed by atoms with Crippen molar-refractivity contribution in [3.8, 4) is 6.07 Å². The molecule has 0 atom stereocenters. The maximum absolute atomic E-state index is 10.7. The van der Waals surface area contributed by atoms with E-state index in [1.54, 1.807) is 0 Å². The highest BCUT2D eigenvalue weighted by molar-refractivity contribution is 5.86. The van der Waals surface area contributed by atoms with Gasteiger partial charge < -0.3 is 15.5 Å². The number of aliphatic hydroxyl groups excluding tert-OH is 1. The molecule has 0 aliphatic rings. The fraction of sp³-hybridized carbons (Fsp3) is 0.300. The third-order valence-corrected chi connectivity index (χ3v) is 1.86. The molecule has 0 aliphatic heterocycles. The zero-order valence-electron chi connectivity index (χ0n) is 8.47. The van der Waals surface area contributed by atoms with Gasteiger partial charge in [-0.1, -0.05) is 0 Å². The Labute approximate surface area is 92.2 Å². The Hall–Kier alpha value is -2.13. The molecule has 0 bridgehead atoms. The van der Waals surface area contributed by atoms with Crippen molar-refractivity contribution in [2.75, 3.05) is 18.5 Å². The van der Waals surface area contributed by atoms with Crippen LogP contribution in [-0.2, 0) is 0 Å². The van der Waals surface area contributed by atoms with Gasteiger partial charge >= 0.3 is 5.97 Å². The van der Waals surface area contributed by atoms with Crippen LogP contribution in [0.5, 0.6) is 0 Å². The normalized spacial score (nSPS) is 9.50. The number of aliphatic hydroxyl groups is 1. The zero-order chi connectivity index (χ0) is 12.0. The lowest BCUT2D eigenvalue weighted by Gasteiger charge is -2.06. The Morgan fingerprint density at radius 1 is 1.56 bits per heavy atom. The second-order valence-electron chi connectivity index (χ2n) is 3.01. The van der Waals surface area contributed by atoms with Gasteiger partial charge in [0.15, 0.2) is 5.69 Å². The highest BCUT2D eigenvalue weighted by atomic mass is 16.4. The molecule has 1 heterocycles. The molecule has 0 saturated carbocycles. The largest absolute Gasteiger partial charge is 0.477 e. The quantitative estimate of drug-likeness (QED) is 0.623. The van der Waals surface area contributed by atoms with Gasteiger partial charge in [-0.05, 0) is 18.6 Å². The summed E-state index contributed by atoms with van der Waals surface area (Å²) in [5.41, 5.74) is 0.161. The van der Waals surface area contributed by atoms with Crippen LogP contribution in [0, 0.1) is 11.3 Å². The van der Waals surface area contributed by atoms with E-state index in [1.165, 1.54) is 12.1 Å². The van der Waals surface area contributed by atoms with Crippen molar-refractivity contribution in [2.24, 2.45) is 0 Å². The molecular weight excluding hydrogens is 210 g/mol. The van der Waals surface area contributed by atoms with Gasteiger partial charge in [-0.2, -0.15) is 5.26 Å². The number of aromatic carboxylic acids is 1. The van der Waals surface area contributed by atoms with Crippen LogP contribution >= 0.6 is 0 Å². The fourth-order valence-electron chi connectivity index (χ4n) is 1.09. The van der Waals surface area contributed by atoms with E-state index in [0.717, 1.165) is 0 Å². The summed E-state index contributed by atoms with van der Waals surface area (Å²) in [5, 5.41) is 28.9. The number of rotatable bonds is 5. The van der Waals surface area contributed by atoms with Crippen LogP contribution in [0.2, 0.25) is 0 Å². The van der Waals surface area contributed by atoms with Crippen LogP contribution in [0.25, 0.3) is 0 Å². The number of nitriles is 1. The van der Waals surface area contributed by atoms with E-state index >= 15 is 0 Å². The Morgan fingerprint density at radius 3 is 2.88 bits per heavy atom. The van der Waals surface area contributed by atoms with E-state index in [4.69, 9.17) is 15.5 Å². The summed E-state index contributed by atoms with van der Waals surface area (Å²) in [6.07, 6.45) is 0.504. The zero-order valence-corrected chi connectivity index (χ0v) is 8.47. The van der Waals surface area contributed by atoms with E-state index in [1.807, 2.05) is 6.07 Å².